The topological polar surface area (TPSA) is 54.4 Å². The largest absolute Gasteiger partial charge is 0.392 e. The van der Waals surface area contributed by atoms with Gasteiger partial charge in [0.15, 0.2) is 11.6 Å². The van der Waals surface area contributed by atoms with Crippen LogP contribution in [0.3, 0.4) is 0 Å². The van der Waals surface area contributed by atoms with Crippen molar-refractivity contribution in [2.45, 2.75) is 26.4 Å². The van der Waals surface area contributed by atoms with E-state index in [0.29, 0.717) is 22.3 Å². The molecular weight excluding hydrogens is 228 g/mol. The molecule has 2 aliphatic rings. The molecule has 92 valence electrons. The van der Waals surface area contributed by atoms with Crippen molar-refractivity contribution in [1.82, 2.24) is 0 Å². The van der Waals surface area contributed by atoms with Crippen LogP contribution in [0.4, 0.5) is 0 Å². The average molecular weight is 242 g/mol. The van der Waals surface area contributed by atoms with Crippen molar-refractivity contribution < 1.29 is 14.7 Å². The molecule has 18 heavy (non-hydrogen) atoms. The first-order valence-corrected chi connectivity index (χ1v) is 6.04. The predicted molar refractivity (Wildman–Crippen MR) is 66.5 cm³/mol. The molecule has 0 bridgehead atoms. The second-order valence-corrected chi connectivity index (χ2v) is 5.50. The maximum absolute atomic E-state index is 12.5. The number of aliphatic hydroxyl groups is 1. The van der Waals surface area contributed by atoms with Crippen LogP contribution in [0.1, 0.15) is 41.0 Å². The number of aliphatic hydroxyl groups excluding tert-OH is 1. The monoisotopic (exact) mass is 242 g/mol. The number of Topliss-reactive ketones (excluding diaryl/α,β-unsaturated/α-hetero) is 2. The zero-order valence-electron chi connectivity index (χ0n) is 10.4. The summed E-state index contributed by atoms with van der Waals surface area (Å²) in [7, 11) is 0. The van der Waals surface area contributed by atoms with E-state index in [1.165, 1.54) is 0 Å². The standard InChI is InChI=1S/C15H14O3/c1-15(2)11(16)7-10-12(15)14(18)9-6-4-3-5-8(9)13(10)17/h3-6,11,16H,7H2,1-2H3/t11-/m1/s1. The van der Waals surface area contributed by atoms with Gasteiger partial charge in [0.25, 0.3) is 0 Å². The molecule has 0 amide bonds. The summed E-state index contributed by atoms with van der Waals surface area (Å²) in [6, 6.07) is 6.87. The molecule has 0 unspecified atom stereocenters. The third kappa shape index (κ3) is 1.22. The molecule has 0 radical (unpaired) electrons. The fourth-order valence-corrected chi connectivity index (χ4v) is 2.92. The van der Waals surface area contributed by atoms with E-state index < -0.39 is 11.5 Å². The Balaban J connectivity index is 2.26. The zero-order valence-corrected chi connectivity index (χ0v) is 10.4. The van der Waals surface area contributed by atoms with Crippen LogP contribution < -0.4 is 0 Å². The first-order valence-electron chi connectivity index (χ1n) is 6.04. The molecule has 0 saturated carbocycles. The van der Waals surface area contributed by atoms with Crippen molar-refractivity contribution in [3.63, 3.8) is 0 Å². The Kier molecular flexibility index (Phi) is 2.14. The molecule has 3 rings (SSSR count). The smallest absolute Gasteiger partial charge is 0.190 e. The summed E-state index contributed by atoms with van der Waals surface area (Å²) >= 11 is 0. The molecule has 1 atom stereocenters. The molecule has 2 aliphatic carbocycles. The molecule has 1 N–H and O–H groups in total. The Hall–Kier alpha value is -1.74. The van der Waals surface area contributed by atoms with Crippen LogP contribution >= 0.6 is 0 Å². The van der Waals surface area contributed by atoms with Gasteiger partial charge < -0.3 is 5.11 Å². The number of carbonyl (C=O) groups excluding carboxylic acids is 2. The lowest BCUT2D eigenvalue weighted by Gasteiger charge is -2.27. The van der Waals surface area contributed by atoms with E-state index >= 15 is 0 Å². The van der Waals surface area contributed by atoms with E-state index in [2.05, 4.69) is 0 Å². The van der Waals surface area contributed by atoms with Crippen molar-refractivity contribution in [3.8, 4) is 0 Å². The van der Waals surface area contributed by atoms with Crippen molar-refractivity contribution in [2.24, 2.45) is 5.41 Å². The minimum Gasteiger partial charge on any atom is -0.392 e. The minimum absolute atomic E-state index is 0.107. The number of hydrogen-bond donors (Lipinski definition) is 1. The number of carbonyl (C=O) groups is 2. The summed E-state index contributed by atoms with van der Waals surface area (Å²) in [6.07, 6.45) is -0.383. The maximum Gasteiger partial charge on any atom is 0.190 e. The highest BCUT2D eigenvalue weighted by Crippen LogP contribution is 2.47. The quantitative estimate of drug-likeness (QED) is 0.758. The van der Waals surface area contributed by atoms with E-state index in [4.69, 9.17) is 0 Å². The Bertz CT molecular complexity index is 608. The Morgan fingerprint density at radius 2 is 1.67 bits per heavy atom. The maximum atomic E-state index is 12.5. The van der Waals surface area contributed by atoms with Gasteiger partial charge in [-0.3, -0.25) is 9.59 Å². The second kappa shape index (κ2) is 3.39. The van der Waals surface area contributed by atoms with Crippen molar-refractivity contribution in [2.75, 3.05) is 0 Å². The molecule has 3 heteroatoms. The van der Waals surface area contributed by atoms with Crippen LogP contribution in [-0.4, -0.2) is 22.8 Å². The number of rotatable bonds is 0. The Morgan fingerprint density at radius 1 is 1.11 bits per heavy atom. The van der Waals surface area contributed by atoms with Gasteiger partial charge in [0.2, 0.25) is 0 Å². The van der Waals surface area contributed by atoms with Gasteiger partial charge in [-0.2, -0.15) is 0 Å². The number of fused-ring (bicyclic) bond motifs is 1. The summed E-state index contributed by atoms with van der Waals surface area (Å²) < 4.78 is 0. The lowest BCUT2D eigenvalue weighted by atomic mass is 9.76. The Morgan fingerprint density at radius 3 is 2.28 bits per heavy atom. The molecule has 1 aromatic rings. The normalized spacial score (nSPS) is 25.2. The second-order valence-electron chi connectivity index (χ2n) is 5.50. The molecule has 0 heterocycles. The van der Waals surface area contributed by atoms with Gasteiger partial charge in [0.05, 0.1) is 6.10 Å². The first kappa shape index (κ1) is 11.4. The third-order valence-corrected chi connectivity index (χ3v) is 4.09. The molecular formula is C15H14O3. The van der Waals surface area contributed by atoms with E-state index in [0.717, 1.165) is 0 Å². The number of benzene rings is 1. The molecule has 3 nitrogen and oxygen atoms in total. The molecule has 0 fully saturated rings. The molecule has 0 saturated heterocycles. The molecule has 0 aliphatic heterocycles. The Labute approximate surface area is 105 Å². The average Bonchev–Trinajstić information content (AvgIpc) is 2.58. The predicted octanol–water partition coefficient (Wildman–Crippen LogP) is 2.15. The lowest BCUT2D eigenvalue weighted by Crippen LogP contribution is -2.30. The lowest BCUT2D eigenvalue weighted by molar-refractivity contribution is 0.0796. The van der Waals surface area contributed by atoms with Crippen molar-refractivity contribution >= 4 is 11.6 Å². The van der Waals surface area contributed by atoms with Gasteiger partial charge in [-0.1, -0.05) is 38.1 Å². The molecule has 1 aromatic carbocycles. The summed E-state index contributed by atoms with van der Waals surface area (Å²) in [5.41, 5.74) is 1.28. The number of hydrogen-bond acceptors (Lipinski definition) is 3. The highest BCUT2D eigenvalue weighted by Gasteiger charge is 2.48. The van der Waals surface area contributed by atoms with Crippen LogP contribution in [0.25, 0.3) is 0 Å². The van der Waals surface area contributed by atoms with Gasteiger partial charge >= 0.3 is 0 Å². The minimum atomic E-state index is -0.662. The van der Waals surface area contributed by atoms with Gasteiger partial charge in [-0.15, -0.1) is 0 Å². The van der Waals surface area contributed by atoms with Gasteiger partial charge in [-0.05, 0) is 0 Å². The first-order chi connectivity index (χ1) is 8.44. The zero-order chi connectivity index (χ0) is 13.1. The van der Waals surface area contributed by atoms with Crippen LogP contribution in [0.2, 0.25) is 0 Å². The van der Waals surface area contributed by atoms with Crippen molar-refractivity contribution in [1.29, 1.82) is 0 Å². The van der Waals surface area contributed by atoms with Crippen LogP contribution in [0.5, 0.6) is 0 Å². The van der Waals surface area contributed by atoms with Crippen molar-refractivity contribution in [3.05, 3.63) is 46.5 Å². The number of ketones is 2. The fourth-order valence-electron chi connectivity index (χ4n) is 2.92. The summed E-state index contributed by atoms with van der Waals surface area (Å²) in [6.45, 7) is 3.64. The molecule has 0 spiro atoms. The highest BCUT2D eigenvalue weighted by molar-refractivity contribution is 6.27. The van der Waals surface area contributed by atoms with E-state index in [1.807, 2.05) is 13.8 Å². The van der Waals surface area contributed by atoms with E-state index in [1.54, 1.807) is 24.3 Å². The third-order valence-electron chi connectivity index (χ3n) is 4.09. The van der Waals surface area contributed by atoms with Crippen LogP contribution in [-0.2, 0) is 0 Å². The van der Waals surface area contributed by atoms with Crippen LogP contribution in [0, 0.1) is 5.41 Å². The fraction of sp³-hybridized carbons (Fsp3) is 0.333. The summed E-state index contributed by atoms with van der Waals surface area (Å²) in [5, 5.41) is 10.1. The van der Waals surface area contributed by atoms with Crippen LogP contribution in [0.15, 0.2) is 35.4 Å². The van der Waals surface area contributed by atoms with E-state index in [9.17, 15) is 14.7 Å². The van der Waals surface area contributed by atoms with Gasteiger partial charge in [0.1, 0.15) is 0 Å². The summed E-state index contributed by atoms with van der Waals surface area (Å²) in [5.74, 6) is -0.216. The summed E-state index contributed by atoms with van der Waals surface area (Å²) in [4.78, 5) is 24.8. The molecule has 0 aromatic heterocycles. The van der Waals surface area contributed by atoms with Gasteiger partial charge in [0, 0.05) is 34.1 Å². The van der Waals surface area contributed by atoms with Gasteiger partial charge in [-0.25, -0.2) is 0 Å². The SMILES string of the molecule is CC1(C)C2=C(C[C@H]1O)C(=O)c1ccccc1C2=O. The highest BCUT2D eigenvalue weighted by atomic mass is 16.3. The van der Waals surface area contributed by atoms with E-state index in [-0.39, 0.29) is 18.0 Å².